The molecule has 1 aromatic carbocycles. The maximum atomic E-state index is 5.47. The maximum absolute atomic E-state index is 5.47. The average Bonchev–Trinajstić information content (AvgIpc) is 2.43. The van der Waals surface area contributed by atoms with E-state index in [0.717, 1.165) is 28.9 Å². The highest BCUT2D eigenvalue weighted by Crippen LogP contribution is 2.26. The molecule has 0 unspecified atom stereocenters. The summed E-state index contributed by atoms with van der Waals surface area (Å²) in [6.07, 6.45) is 0.929. The predicted molar refractivity (Wildman–Crippen MR) is 71.4 cm³/mol. The van der Waals surface area contributed by atoms with Gasteiger partial charge in [0.15, 0.2) is 0 Å². The Kier molecular flexibility index (Phi) is 3.82. The number of nitrogens with one attached hydrogen (secondary N) is 1. The van der Waals surface area contributed by atoms with Crippen molar-refractivity contribution in [2.45, 2.75) is 13.3 Å². The number of anilines is 1. The molecule has 0 radical (unpaired) electrons. The zero-order valence-electron chi connectivity index (χ0n) is 10.9. The summed E-state index contributed by atoms with van der Waals surface area (Å²) in [6.45, 7) is 2.66. The molecule has 2 aromatic rings. The third-order valence-corrected chi connectivity index (χ3v) is 2.55. The first-order valence-electron chi connectivity index (χ1n) is 5.94. The number of aromatic nitrogens is 2. The van der Waals surface area contributed by atoms with Crippen LogP contribution in [-0.4, -0.2) is 30.7 Å². The van der Waals surface area contributed by atoms with Crippen LogP contribution >= 0.6 is 0 Å². The van der Waals surface area contributed by atoms with Crippen molar-refractivity contribution in [2.75, 3.05) is 26.1 Å². The number of fused-ring (bicyclic) bond motifs is 1. The Balaban J connectivity index is 2.48. The van der Waals surface area contributed by atoms with E-state index < -0.39 is 0 Å². The highest BCUT2D eigenvalue weighted by Gasteiger charge is 2.08. The maximum Gasteiger partial charge on any atom is 0.318 e. The zero-order chi connectivity index (χ0) is 13.0. The summed E-state index contributed by atoms with van der Waals surface area (Å²) < 4.78 is 10.7. The van der Waals surface area contributed by atoms with Crippen molar-refractivity contribution in [3.63, 3.8) is 0 Å². The van der Waals surface area contributed by atoms with E-state index in [0.29, 0.717) is 12.6 Å². The first kappa shape index (κ1) is 12.4. The van der Waals surface area contributed by atoms with Gasteiger partial charge in [0.2, 0.25) is 0 Å². The van der Waals surface area contributed by atoms with E-state index in [1.54, 1.807) is 7.11 Å². The lowest BCUT2D eigenvalue weighted by Gasteiger charge is -2.09. The molecular weight excluding hydrogens is 230 g/mol. The molecular formula is C13H17N3O2. The Labute approximate surface area is 106 Å². The molecule has 0 amide bonds. The normalized spacial score (nSPS) is 10.4. The SMILES string of the molecule is CCCOc1nc(NC)c2cc(OC)ccc2n1. The second kappa shape index (κ2) is 5.53. The second-order valence-corrected chi connectivity index (χ2v) is 3.84. The molecule has 0 bridgehead atoms. The molecule has 0 saturated carbocycles. The number of rotatable bonds is 5. The van der Waals surface area contributed by atoms with Crippen molar-refractivity contribution in [1.29, 1.82) is 0 Å². The molecule has 18 heavy (non-hydrogen) atoms. The van der Waals surface area contributed by atoms with Crippen LogP contribution in [0.3, 0.4) is 0 Å². The minimum absolute atomic E-state index is 0.402. The Morgan fingerprint density at radius 1 is 1.28 bits per heavy atom. The lowest BCUT2D eigenvalue weighted by atomic mass is 10.2. The van der Waals surface area contributed by atoms with Crippen molar-refractivity contribution in [3.8, 4) is 11.8 Å². The summed E-state index contributed by atoms with van der Waals surface area (Å²) in [6, 6.07) is 6.08. The van der Waals surface area contributed by atoms with Gasteiger partial charge in [-0.1, -0.05) is 6.92 Å². The van der Waals surface area contributed by atoms with E-state index in [1.165, 1.54) is 0 Å². The smallest absolute Gasteiger partial charge is 0.318 e. The predicted octanol–water partition coefficient (Wildman–Crippen LogP) is 2.47. The molecule has 5 nitrogen and oxygen atoms in total. The fourth-order valence-electron chi connectivity index (χ4n) is 1.66. The van der Waals surface area contributed by atoms with E-state index >= 15 is 0 Å². The Morgan fingerprint density at radius 2 is 2.11 bits per heavy atom. The van der Waals surface area contributed by atoms with Gasteiger partial charge >= 0.3 is 6.01 Å². The molecule has 0 fully saturated rings. The molecule has 5 heteroatoms. The molecule has 1 N–H and O–H groups in total. The highest BCUT2D eigenvalue weighted by molar-refractivity contribution is 5.90. The summed E-state index contributed by atoms with van der Waals surface area (Å²) >= 11 is 0. The fourth-order valence-corrected chi connectivity index (χ4v) is 1.66. The Bertz CT molecular complexity index is 543. The van der Waals surface area contributed by atoms with E-state index in [1.807, 2.05) is 32.2 Å². The lowest BCUT2D eigenvalue weighted by molar-refractivity contribution is 0.294. The van der Waals surface area contributed by atoms with Crippen LogP contribution in [0, 0.1) is 0 Å². The molecule has 2 rings (SSSR count). The third kappa shape index (κ3) is 2.45. The first-order chi connectivity index (χ1) is 8.78. The molecule has 0 atom stereocenters. The van der Waals surface area contributed by atoms with Gasteiger partial charge in [-0.3, -0.25) is 0 Å². The molecule has 0 aliphatic heterocycles. The molecule has 0 saturated heterocycles. The van der Waals surface area contributed by atoms with Gasteiger partial charge in [-0.2, -0.15) is 9.97 Å². The monoisotopic (exact) mass is 247 g/mol. The Hall–Kier alpha value is -2.04. The molecule has 1 heterocycles. The third-order valence-electron chi connectivity index (χ3n) is 2.55. The summed E-state index contributed by atoms with van der Waals surface area (Å²) in [7, 11) is 3.46. The number of methoxy groups -OCH3 is 1. The van der Waals surface area contributed by atoms with Crippen molar-refractivity contribution in [3.05, 3.63) is 18.2 Å². The van der Waals surface area contributed by atoms with Crippen LogP contribution in [-0.2, 0) is 0 Å². The first-order valence-corrected chi connectivity index (χ1v) is 5.94. The Morgan fingerprint density at radius 3 is 2.78 bits per heavy atom. The van der Waals surface area contributed by atoms with Crippen LogP contribution in [0.2, 0.25) is 0 Å². The standard InChI is InChI=1S/C13H17N3O2/c1-4-7-18-13-15-11-6-5-9(17-3)8-10(11)12(14-2)16-13/h5-6,8H,4,7H2,1-3H3,(H,14,15,16). The number of hydrogen-bond donors (Lipinski definition) is 1. The number of nitrogens with zero attached hydrogens (tertiary/aromatic N) is 2. The van der Waals surface area contributed by atoms with E-state index in [2.05, 4.69) is 15.3 Å². The van der Waals surface area contributed by atoms with Gasteiger partial charge in [-0.15, -0.1) is 0 Å². The topological polar surface area (TPSA) is 56.3 Å². The van der Waals surface area contributed by atoms with Crippen LogP contribution in [0.25, 0.3) is 10.9 Å². The van der Waals surface area contributed by atoms with Gasteiger partial charge < -0.3 is 14.8 Å². The number of ether oxygens (including phenoxy) is 2. The number of hydrogen-bond acceptors (Lipinski definition) is 5. The molecule has 0 spiro atoms. The largest absolute Gasteiger partial charge is 0.497 e. The van der Waals surface area contributed by atoms with E-state index in [9.17, 15) is 0 Å². The quantitative estimate of drug-likeness (QED) is 0.879. The summed E-state index contributed by atoms with van der Waals surface area (Å²) in [5.74, 6) is 1.52. The van der Waals surface area contributed by atoms with Crippen molar-refractivity contribution in [2.24, 2.45) is 0 Å². The van der Waals surface area contributed by atoms with Gasteiger partial charge in [0, 0.05) is 12.4 Å². The minimum atomic E-state index is 0.402. The van der Waals surface area contributed by atoms with Crippen LogP contribution < -0.4 is 14.8 Å². The van der Waals surface area contributed by atoms with Gasteiger partial charge in [0.05, 0.1) is 19.2 Å². The van der Waals surface area contributed by atoms with Gasteiger partial charge in [0.25, 0.3) is 0 Å². The highest BCUT2D eigenvalue weighted by atomic mass is 16.5. The van der Waals surface area contributed by atoms with Crippen LogP contribution in [0.15, 0.2) is 18.2 Å². The molecule has 0 aliphatic carbocycles. The average molecular weight is 247 g/mol. The minimum Gasteiger partial charge on any atom is -0.497 e. The summed E-state index contributed by atoms with van der Waals surface area (Å²) in [5.41, 5.74) is 0.834. The summed E-state index contributed by atoms with van der Waals surface area (Å²) in [5, 5.41) is 3.97. The van der Waals surface area contributed by atoms with E-state index in [-0.39, 0.29) is 0 Å². The van der Waals surface area contributed by atoms with Gasteiger partial charge in [-0.25, -0.2) is 0 Å². The second-order valence-electron chi connectivity index (χ2n) is 3.84. The van der Waals surface area contributed by atoms with Gasteiger partial charge in [0.1, 0.15) is 11.6 Å². The molecule has 1 aromatic heterocycles. The fraction of sp³-hybridized carbons (Fsp3) is 0.385. The van der Waals surface area contributed by atoms with Crippen molar-refractivity contribution in [1.82, 2.24) is 9.97 Å². The number of benzene rings is 1. The molecule has 0 aliphatic rings. The van der Waals surface area contributed by atoms with Crippen molar-refractivity contribution >= 4 is 16.7 Å². The van der Waals surface area contributed by atoms with Crippen LogP contribution in [0.1, 0.15) is 13.3 Å². The molecule has 96 valence electrons. The lowest BCUT2D eigenvalue weighted by Crippen LogP contribution is -2.03. The summed E-state index contributed by atoms with van der Waals surface area (Å²) in [4.78, 5) is 8.70. The van der Waals surface area contributed by atoms with Crippen molar-refractivity contribution < 1.29 is 9.47 Å². The van der Waals surface area contributed by atoms with Crippen LogP contribution in [0.4, 0.5) is 5.82 Å². The van der Waals surface area contributed by atoms with Crippen LogP contribution in [0.5, 0.6) is 11.8 Å². The van der Waals surface area contributed by atoms with E-state index in [4.69, 9.17) is 9.47 Å². The zero-order valence-corrected chi connectivity index (χ0v) is 10.9. The van der Waals surface area contributed by atoms with Gasteiger partial charge in [-0.05, 0) is 24.6 Å².